The summed E-state index contributed by atoms with van der Waals surface area (Å²) in [4.78, 5) is 11.8. The Morgan fingerprint density at radius 2 is 1.92 bits per heavy atom. The number of nitrogens with zero attached hydrogens (tertiary/aromatic N) is 1. The number of hydrogen-bond donors (Lipinski definition) is 1. The quantitative estimate of drug-likeness (QED) is 0.713. The van der Waals surface area contributed by atoms with Gasteiger partial charge in [-0.05, 0) is 57.4 Å². The fourth-order valence-corrected chi connectivity index (χ4v) is 4.59. The van der Waals surface area contributed by atoms with Gasteiger partial charge in [-0.3, -0.25) is 0 Å². The van der Waals surface area contributed by atoms with E-state index >= 15 is 0 Å². The van der Waals surface area contributed by atoms with Crippen LogP contribution in [0.4, 0.5) is 9.18 Å². The molecule has 1 amide bonds. The summed E-state index contributed by atoms with van der Waals surface area (Å²) in [6.07, 6.45) is 0.434. The lowest BCUT2D eigenvalue weighted by Gasteiger charge is -2.32. The van der Waals surface area contributed by atoms with Crippen molar-refractivity contribution in [2.75, 3.05) is 13.1 Å². The molecular weight excluding hydrogens is 427 g/mol. The molecule has 0 saturated carbocycles. The van der Waals surface area contributed by atoms with Crippen LogP contribution in [-0.4, -0.2) is 43.5 Å². The minimum Gasteiger partial charge on any atom is -0.444 e. The van der Waals surface area contributed by atoms with Crippen LogP contribution in [0.25, 0.3) is 0 Å². The second-order valence-corrected chi connectivity index (χ2v) is 9.75. The third kappa shape index (κ3) is 5.65. The largest absolute Gasteiger partial charge is 0.444 e. The first-order chi connectivity index (χ1) is 12.0. The van der Waals surface area contributed by atoms with Gasteiger partial charge in [0.25, 0.3) is 0 Å². The van der Waals surface area contributed by atoms with Crippen molar-refractivity contribution in [2.45, 2.75) is 55.5 Å². The number of ether oxygens (including phenoxy) is 1. The molecule has 1 aliphatic rings. The van der Waals surface area contributed by atoms with Crippen molar-refractivity contribution in [3.8, 4) is 0 Å². The predicted octanol–water partition coefficient (Wildman–Crippen LogP) is 3.40. The van der Waals surface area contributed by atoms with Gasteiger partial charge < -0.3 is 10.1 Å². The van der Waals surface area contributed by atoms with Crippen LogP contribution in [0.15, 0.2) is 23.1 Å². The van der Waals surface area contributed by atoms with Crippen molar-refractivity contribution >= 4 is 32.0 Å². The molecule has 26 heavy (non-hydrogen) atoms. The van der Waals surface area contributed by atoms with Gasteiger partial charge in [0.1, 0.15) is 11.4 Å². The Morgan fingerprint density at radius 3 is 2.46 bits per heavy atom. The maximum atomic E-state index is 13.7. The first-order valence-electron chi connectivity index (χ1n) is 8.36. The Hall–Kier alpha value is -1.19. The average Bonchev–Trinajstić information content (AvgIpc) is 2.52. The predicted molar refractivity (Wildman–Crippen MR) is 100 cm³/mol. The zero-order valence-corrected chi connectivity index (χ0v) is 17.5. The van der Waals surface area contributed by atoms with Gasteiger partial charge in [-0.1, -0.05) is 15.9 Å². The molecule has 0 aliphatic carbocycles. The van der Waals surface area contributed by atoms with Crippen LogP contribution in [0.2, 0.25) is 0 Å². The Bertz CT molecular complexity index is 757. The van der Waals surface area contributed by atoms with E-state index < -0.39 is 27.5 Å². The average molecular weight is 451 g/mol. The van der Waals surface area contributed by atoms with Crippen molar-refractivity contribution < 1.29 is 22.3 Å². The molecule has 0 radical (unpaired) electrons. The van der Waals surface area contributed by atoms with Crippen molar-refractivity contribution in [1.82, 2.24) is 9.62 Å². The van der Waals surface area contributed by atoms with Crippen molar-refractivity contribution in [2.24, 2.45) is 0 Å². The monoisotopic (exact) mass is 450 g/mol. The fraction of sp³-hybridized carbons (Fsp3) is 0.588. The Kier molecular flexibility index (Phi) is 6.68. The molecule has 1 saturated heterocycles. The van der Waals surface area contributed by atoms with Crippen LogP contribution in [0.1, 0.15) is 39.2 Å². The van der Waals surface area contributed by atoms with Crippen molar-refractivity contribution in [1.29, 1.82) is 0 Å². The molecule has 9 heteroatoms. The third-order valence-corrected chi connectivity index (χ3v) is 6.42. The van der Waals surface area contributed by atoms with E-state index in [1.54, 1.807) is 20.8 Å². The molecule has 1 fully saturated rings. The molecule has 1 aromatic carbocycles. The van der Waals surface area contributed by atoms with Gasteiger partial charge in [0.05, 0.1) is 4.90 Å². The molecule has 1 heterocycles. The van der Waals surface area contributed by atoms with E-state index in [0.717, 1.165) is 6.07 Å². The minimum atomic E-state index is -3.77. The third-order valence-electron chi connectivity index (χ3n) is 3.90. The summed E-state index contributed by atoms with van der Waals surface area (Å²) >= 11 is 3.21. The van der Waals surface area contributed by atoms with Crippen LogP contribution in [0, 0.1) is 5.82 Å². The van der Waals surface area contributed by atoms with E-state index in [0.29, 0.717) is 23.7 Å². The fourth-order valence-electron chi connectivity index (χ4n) is 2.71. The lowest BCUT2D eigenvalue weighted by atomic mass is 10.1. The Morgan fingerprint density at radius 1 is 1.31 bits per heavy atom. The first kappa shape index (κ1) is 21.1. The summed E-state index contributed by atoms with van der Waals surface area (Å²) in [5.74, 6) is -0.581. The number of amides is 1. The molecule has 1 N–H and O–H groups in total. The van der Waals surface area contributed by atoms with E-state index in [1.165, 1.54) is 16.4 Å². The number of hydrogen-bond acceptors (Lipinski definition) is 4. The molecule has 0 spiro atoms. The van der Waals surface area contributed by atoms with Crippen LogP contribution in [0.5, 0.6) is 0 Å². The zero-order valence-electron chi connectivity index (χ0n) is 15.1. The highest BCUT2D eigenvalue weighted by molar-refractivity contribution is 9.08. The number of halogens is 2. The Labute approximate surface area is 162 Å². The van der Waals surface area contributed by atoms with Gasteiger partial charge in [-0.2, -0.15) is 4.31 Å². The molecule has 2 rings (SSSR count). The maximum Gasteiger partial charge on any atom is 0.407 e. The molecule has 6 nitrogen and oxygen atoms in total. The van der Waals surface area contributed by atoms with Crippen molar-refractivity contribution in [3.05, 3.63) is 29.6 Å². The summed E-state index contributed by atoms with van der Waals surface area (Å²) in [6, 6.07) is 3.65. The lowest BCUT2D eigenvalue weighted by Crippen LogP contribution is -2.47. The SMILES string of the molecule is CC(C)(C)OC(=O)NC1CCN(S(=O)(=O)c2cc(F)cc(CBr)c2)CC1. The van der Waals surface area contributed by atoms with Gasteiger partial charge >= 0.3 is 6.09 Å². The molecule has 0 atom stereocenters. The van der Waals surface area contributed by atoms with Gasteiger partial charge in [-0.25, -0.2) is 17.6 Å². The highest BCUT2D eigenvalue weighted by Crippen LogP contribution is 2.23. The summed E-state index contributed by atoms with van der Waals surface area (Å²) in [5, 5.41) is 3.14. The van der Waals surface area contributed by atoms with Crippen LogP contribution in [0.3, 0.4) is 0 Å². The molecule has 1 aromatic rings. The van der Waals surface area contributed by atoms with Crippen molar-refractivity contribution in [3.63, 3.8) is 0 Å². The second kappa shape index (κ2) is 8.22. The number of carbonyl (C=O) groups excluding carboxylic acids is 1. The van der Waals surface area contributed by atoms with E-state index in [2.05, 4.69) is 21.2 Å². The number of benzene rings is 1. The number of nitrogens with one attached hydrogen (secondary N) is 1. The van der Waals surface area contributed by atoms with Gasteiger partial charge in [-0.15, -0.1) is 0 Å². The first-order valence-corrected chi connectivity index (χ1v) is 10.9. The zero-order chi connectivity index (χ0) is 19.5. The maximum absolute atomic E-state index is 13.7. The molecule has 1 aliphatic heterocycles. The normalized spacial score (nSPS) is 17.1. The number of alkyl carbamates (subject to hydrolysis) is 1. The van der Waals surface area contributed by atoms with Crippen LogP contribution in [-0.2, 0) is 20.1 Å². The number of rotatable bonds is 4. The highest BCUT2D eigenvalue weighted by Gasteiger charge is 2.31. The molecule has 0 bridgehead atoms. The number of carbonyl (C=O) groups is 1. The van der Waals surface area contributed by atoms with Gasteiger partial charge in [0.15, 0.2) is 0 Å². The van der Waals surface area contributed by atoms with E-state index in [9.17, 15) is 17.6 Å². The Balaban J connectivity index is 2.00. The van der Waals surface area contributed by atoms with E-state index in [-0.39, 0.29) is 24.0 Å². The lowest BCUT2D eigenvalue weighted by molar-refractivity contribution is 0.0489. The van der Waals surface area contributed by atoms with Gasteiger partial charge in [0, 0.05) is 24.5 Å². The molecule has 0 aromatic heterocycles. The van der Waals surface area contributed by atoms with Crippen LogP contribution < -0.4 is 5.32 Å². The summed E-state index contributed by atoms with van der Waals surface area (Å²) in [5.41, 5.74) is -0.0245. The molecule has 146 valence electrons. The number of sulfonamides is 1. The molecule has 0 unspecified atom stereocenters. The molecular formula is C17H24BrFN2O4S. The summed E-state index contributed by atoms with van der Waals surface area (Å²) in [7, 11) is -3.77. The summed E-state index contributed by atoms with van der Waals surface area (Å²) in [6.45, 7) is 5.85. The second-order valence-electron chi connectivity index (χ2n) is 7.25. The smallest absolute Gasteiger partial charge is 0.407 e. The van der Waals surface area contributed by atoms with E-state index in [4.69, 9.17) is 4.74 Å². The topological polar surface area (TPSA) is 75.7 Å². The van der Waals surface area contributed by atoms with E-state index in [1.807, 2.05) is 0 Å². The number of alkyl halides is 1. The standard InChI is InChI=1S/C17H24BrFN2O4S/c1-17(2,3)25-16(22)20-14-4-6-21(7-5-14)26(23,24)15-9-12(11-18)8-13(19)10-15/h8-10,14H,4-7,11H2,1-3H3,(H,20,22). The van der Waals surface area contributed by atoms with Crippen LogP contribution >= 0.6 is 15.9 Å². The highest BCUT2D eigenvalue weighted by atomic mass is 79.9. The number of piperidine rings is 1. The summed E-state index contributed by atoms with van der Waals surface area (Å²) < 4.78 is 45.7. The minimum absolute atomic E-state index is 0.0505. The van der Waals surface area contributed by atoms with Gasteiger partial charge in [0.2, 0.25) is 10.0 Å².